The van der Waals surface area contributed by atoms with Crippen molar-refractivity contribution in [3.63, 3.8) is 0 Å². The van der Waals surface area contributed by atoms with Crippen molar-refractivity contribution in [3.05, 3.63) is 65.5 Å². The predicted molar refractivity (Wildman–Crippen MR) is 121 cm³/mol. The van der Waals surface area contributed by atoms with E-state index in [1.807, 2.05) is 19.1 Å². The molecule has 0 spiro atoms. The molecule has 1 aliphatic rings. The molecule has 0 aromatic heterocycles. The van der Waals surface area contributed by atoms with Crippen molar-refractivity contribution in [2.45, 2.75) is 32.7 Å². The number of nitrogens with zero attached hydrogens (tertiary/aromatic N) is 2. The lowest BCUT2D eigenvalue weighted by atomic mass is 9.97. The van der Waals surface area contributed by atoms with Crippen molar-refractivity contribution in [3.8, 4) is 0 Å². The SMILES string of the molecule is CCNC(=NCc1ccc(N2CCC(CO)CC2)cc1)NCCc1ccccc1F. The summed E-state index contributed by atoms with van der Waals surface area (Å²) in [4.78, 5) is 7.04. The summed E-state index contributed by atoms with van der Waals surface area (Å²) in [7, 11) is 0. The second-order valence-electron chi connectivity index (χ2n) is 7.74. The maximum Gasteiger partial charge on any atom is 0.191 e. The fourth-order valence-electron chi connectivity index (χ4n) is 3.71. The summed E-state index contributed by atoms with van der Waals surface area (Å²) in [5, 5.41) is 15.8. The number of aliphatic imine (C=N–C) groups is 1. The quantitative estimate of drug-likeness (QED) is 0.460. The first-order valence-electron chi connectivity index (χ1n) is 10.9. The van der Waals surface area contributed by atoms with E-state index in [-0.39, 0.29) is 5.82 Å². The van der Waals surface area contributed by atoms with Crippen molar-refractivity contribution in [1.82, 2.24) is 10.6 Å². The van der Waals surface area contributed by atoms with Crippen LogP contribution in [0, 0.1) is 11.7 Å². The van der Waals surface area contributed by atoms with Gasteiger partial charge in [0, 0.05) is 38.5 Å². The molecule has 2 aromatic carbocycles. The number of aliphatic hydroxyl groups is 1. The van der Waals surface area contributed by atoms with E-state index in [0.717, 1.165) is 44.0 Å². The lowest BCUT2D eigenvalue weighted by Crippen LogP contribution is -2.38. The van der Waals surface area contributed by atoms with Crippen molar-refractivity contribution in [2.24, 2.45) is 10.9 Å². The van der Waals surface area contributed by atoms with E-state index in [1.165, 1.54) is 11.8 Å². The monoisotopic (exact) mass is 412 g/mol. The molecule has 0 saturated carbocycles. The van der Waals surface area contributed by atoms with Crippen LogP contribution < -0.4 is 15.5 Å². The van der Waals surface area contributed by atoms with Crippen molar-refractivity contribution in [2.75, 3.05) is 37.7 Å². The Bertz CT molecular complexity index is 801. The summed E-state index contributed by atoms with van der Waals surface area (Å²) in [5.41, 5.74) is 3.09. The van der Waals surface area contributed by atoms with Gasteiger partial charge >= 0.3 is 0 Å². The molecule has 0 atom stereocenters. The molecule has 1 fully saturated rings. The number of anilines is 1. The number of piperidine rings is 1. The second kappa shape index (κ2) is 11.6. The van der Waals surface area contributed by atoms with Gasteiger partial charge in [0.05, 0.1) is 6.54 Å². The van der Waals surface area contributed by atoms with Gasteiger partial charge in [0.25, 0.3) is 0 Å². The molecule has 6 heteroatoms. The average molecular weight is 413 g/mol. The van der Waals surface area contributed by atoms with Crippen molar-refractivity contribution < 1.29 is 9.50 Å². The maximum atomic E-state index is 13.7. The Morgan fingerprint density at radius 2 is 1.83 bits per heavy atom. The first-order valence-corrected chi connectivity index (χ1v) is 10.9. The predicted octanol–water partition coefficient (Wildman–Crippen LogP) is 3.33. The zero-order chi connectivity index (χ0) is 21.2. The van der Waals surface area contributed by atoms with Crippen LogP contribution in [0.5, 0.6) is 0 Å². The van der Waals surface area contributed by atoms with Gasteiger partial charge in [0.2, 0.25) is 0 Å². The number of halogens is 1. The Morgan fingerprint density at radius 3 is 2.50 bits per heavy atom. The Kier molecular flexibility index (Phi) is 8.51. The van der Waals surface area contributed by atoms with Crippen molar-refractivity contribution >= 4 is 11.6 Å². The molecule has 5 nitrogen and oxygen atoms in total. The van der Waals surface area contributed by atoms with Crippen LogP contribution in [0.3, 0.4) is 0 Å². The Morgan fingerprint density at radius 1 is 1.10 bits per heavy atom. The number of guanidine groups is 1. The number of benzene rings is 2. The van der Waals surface area contributed by atoms with E-state index in [4.69, 9.17) is 0 Å². The van der Waals surface area contributed by atoms with Crippen LogP contribution in [-0.2, 0) is 13.0 Å². The third kappa shape index (κ3) is 6.46. The number of nitrogens with one attached hydrogen (secondary N) is 2. The molecule has 162 valence electrons. The second-order valence-corrected chi connectivity index (χ2v) is 7.74. The van der Waals surface area contributed by atoms with Crippen LogP contribution >= 0.6 is 0 Å². The first kappa shape index (κ1) is 22.1. The lowest BCUT2D eigenvalue weighted by Gasteiger charge is -2.32. The van der Waals surface area contributed by atoms with Crippen LogP contribution in [-0.4, -0.2) is 43.9 Å². The number of rotatable bonds is 8. The van der Waals surface area contributed by atoms with Gasteiger partial charge in [0.15, 0.2) is 5.96 Å². The minimum atomic E-state index is -0.165. The molecule has 0 amide bonds. The average Bonchev–Trinajstić information content (AvgIpc) is 2.79. The van der Waals surface area contributed by atoms with Crippen LogP contribution in [0.2, 0.25) is 0 Å². The van der Waals surface area contributed by atoms with Crippen LogP contribution in [0.15, 0.2) is 53.5 Å². The Labute approximate surface area is 179 Å². The molecule has 1 heterocycles. The van der Waals surface area contributed by atoms with Gasteiger partial charge < -0.3 is 20.6 Å². The van der Waals surface area contributed by atoms with E-state index in [0.29, 0.717) is 37.6 Å². The van der Waals surface area contributed by atoms with Gasteiger partial charge in [-0.2, -0.15) is 0 Å². The molecule has 0 radical (unpaired) electrons. The summed E-state index contributed by atoms with van der Waals surface area (Å²) in [6.45, 7) is 6.31. The molecular formula is C24H33FN4O. The largest absolute Gasteiger partial charge is 0.396 e. The molecule has 1 saturated heterocycles. The Balaban J connectivity index is 1.51. The Hall–Kier alpha value is -2.60. The number of hydrogen-bond acceptors (Lipinski definition) is 3. The van der Waals surface area contributed by atoms with Crippen molar-refractivity contribution in [1.29, 1.82) is 0 Å². The zero-order valence-corrected chi connectivity index (χ0v) is 17.8. The van der Waals surface area contributed by atoms with Gasteiger partial charge in [0.1, 0.15) is 5.82 Å². The van der Waals surface area contributed by atoms with Crippen LogP contribution in [0.4, 0.5) is 10.1 Å². The topological polar surface area (TPSA) is 59.9 Å². The molecule has 2 aromatic rings. The highest BCUT2D eigenvalue weighted by atomic mass is 19.1. The third-order valence-electron chi connectivity index (χ3n) is 5.58. The highest BCUT2D eigenvalue weighted by Gasteiger charge is 2.18. The molecular weight excluding hydrogens is 379 g/mol. The number of hydrogen-bond donors (Lipinski definition) is 3. The van der Waals surface area contributed by atoms with E-state index < -0.39 is 0 Å². The van der Waals surface area contributed by atoms with Gasteiger partial charge in [-0.15, -0.1) is 0 Å². The molecule has 0 unspecified atom stereocenters. The minimum Gasteiger partial charge on any atom is -0.396 e. The van der Waals surface area contributed by atoms with E-state index in [9.17, 15) is 9.50 Å². The van der Waals surface area contributed by atoms with Crippen LogP contribution in [0.1, 0.15) is 30.9 Å². The van der Waals surface area contributed by atoms with Gasteiger partial charge in [-0.3, -0.25) is 0 Å². The summed E-state index contributed by atoms with van der Waals surface area (Å²) in [6, 6.07) is 15.4. The molecule has 1 aliphatic heterocycles. The molecule has 0 aliphatic carbocycles. The summed E-state index contributed by atoms with van der Waals surface area (Å²) in [5.74, 6) is 1.02. The normalized spacial score (nSPS) is 15.3. The molecule has 3 rings (SSSR count). The first-order chi connectivity index (χ1) is 14.7. The molecule has 30 heavy (non-hydrogen) atoms. The van der Waals surface area contributed by atoms with E-state index >= 15 is 0 Å². The molecule has 0 bridgehead atoms. The van der Waals surface area contributed by atoms with Gasteiger partial charge in [-0.05, 0) is 61.4 Å². The maximum absolute atomic E-state index is 13.7. The summed E-state index contributed by atoms with van der Waals surface area (Å²) >= 11 is 0. The summed E-state index contributed by atoms with van der Waals surface area (Å²) < 4.78 is 13.7. The van der Waals surface area contributed by atoms with Gasteiger partial charge in [-0.25, -0.2) is 9.38 Å². The van der Waals surface area contributed by atoms with E-state index in [2.05, 4.69) is 44.8 Å². The summed E-state index contributed by atoms with van der Waals surface area (Å²) in [6.07, 6.45) is 2.71. The third-order valence-corrected chi connectivity index (χ3v) is 5.58. The highest BCUT2D eigenvalue weighted by Crippen LogP contribution is 2.23. The standard InChI is InChI=1S/C24H33FN4O/c1-2-26-24(27-14-11-21-5-3-4-6-23(21)25)28-17-19-7-9-22(10-8-19)29-15-12-20(18-30)13-16-29/h3-10,20,30H,2,11-18H2,1H3,(H2,26,27,28). The minimum absolute atomic E-state index is 0.165. The zero-order valence-electron chi connectivity index (χ0n) is 17.8. The van der Waals surface area contributed by atoms with E-state index in [1.54, 1.807) is 6.07 Å². The number of aliphatic hydroxyl groups excluding tert-OH is 1. The fraction of sp³-hybridized carbons (Fsp3) is 0.458. The fourth-order valence-corrected chi connectivity index (χ4v) is 3.71. The van der Waals surface area contributed by atoms with Crippen LogP contribution in [0.25, 0.3) is 0 Å². The highest BCUT2D eigenvalue weighted by molar-refractivity contribution is 5.79. The molecule has 3 N–H and O–H groups in total. The smallest absolute Gasteiger partial charge is 0.191 e. The lowest BCUT2D eigenvalue weighted by molar-refractivity contribution is 0.203. The van der Waals surface area contributed by atoms with Gasteiger partial charge in [-0.1, -0.05) is 30.3 Å².